The van der Waals surface area contributed by atoms with Gasteiger partial charge in [-0.1, -0.05) is 6.07 Å². The van der Waals surface area contributed by atoms with Crippen LogP contribution in [0.3, 0.4) is 0 Å². The van der Waals surface area contributed by atoms with Gasteiger partial charge in [0.25, 0.3) is 0 Å². The van der Waals surface area contributed by atoms with Crippen LogP contribution in [0.2, 0.25) is 0 Å². The molecular weight excluding hydrogens is 261 g/mol. The average Bonchev–Trinajstić information content (AvgIpc) is 2.40. The summed E-state index contributed by atoms with van der Waals surface area (Å²) < 4.78 is 13.3. The number of benzene rings is 1. The Bertz CT molecular complexity index is 423. The first-order valence-corrected chi connectivity index (χ1v) is 8.12. The number of halogens is 1. The Labute approximate surface area is 118 Å². The second-order valence-electron chi connectivity index (χ2n) is 5.20. The molecule has 106 valence electrons. The van der Waals surface area contributed by atoms with E-state index in [0.29, 0.717) is 0 Å². The zero-order valence-corrected chi connectivity index (χ0v) is 12.3. The average molecular weight is 283 g/mol. The van der Waals surface area contributed by atoms with Crippen molar-refractivity contribution >= 4 is 11.8 Å². The van der Waals surface area contributed by atoms with Crippen molar-refractivity contribution in [2.75, 3.05) is 12.9 Å². The molecule has 2 nitrogen and oxygen atoms in total. The van der Waals surface area contributed by atoms with E-state index < -0.39 is 0 Å². The fourth-order valence-electron chi connectivity index (χ4n) is 2.82. The summed E-state index contributed by atoms with van der Waals surface area (Å²) in [5.41, 5.74) is 2.35. The zero-order chi connectivity index (χ0) is 13.8. The van der Waals surface area contributed by atoms with Crippen LogP contribution in [-0.4, -0.2) is 29.3 Å². The molecule has 0 saturated heterocycles. The molecule has 19 heavy (non-hydrogen) atoms. The van der Waals surface area contributed by atoms with Gasteiger partial charge < -0.3 is 10.4 Å². The normalized spacial score (nSPS) is 21.8. The third kappa shape index (κ3) is 3.50. The van der Waals surface area contributed by atoms with E-state index in [1.165, 1.54) is 5.56 Å². The van der Waals surface area contributed by atoms with Crippen LogP contribution in [0.5, 0.6) is 0 Å². The maximum absolute atomic E-state index is 13.3. The van der Waals surface area contributed by atoms with Gasteiger partial charge in [-0.05, 0) is 55.7 Å². The number of hydrogen-bond acceptors (Lipinski definition) is 3. The Kier molecular flexibility index (Phi) is 5.25. The van der Waals surface area contributed by atoms with Gasteiger partial charge in [-0.25, -0.2) is 4.39 Å². The summed E-state index contributed by atoms with van der Waals surface area (Å²) in [6, 6.07) is 5.62. The number of fused-ring (bicyclic) bond motifs is 1. The van der Waals surface area contributed by atoms with Crippen LogP contribution in [0.4, 0.5) is 4.39 Å². The molecule has 1 aliphatic rings. The molecule has 1 aromatic rings. The van der Waals surface area contributed by atoms with Crippen LogP contribution in [0, 0.1) is 5.82 Å². The lowest BCUT2D eigenvalue weighted by molar-refractivity contribution is 0.267. The molecule has 4 heteroatoms. The predicted octanol–water partition coefficient (Wildman–Crippen LogP) is 2.91. The van der Waals surface area contributed by atoms with E-state index in [1.54, 1.807) is 23.9 Å². The largest absolute Gasteiger partial charge is 0.395 e. The standard InChI is InChI=1S/C15H22FNOS/c1-10(15(9-18)19-2)17-14-5-3-4-11-8-12(16)6-7-13(11)14/h6-8,10,14-15,17-18H,3-5,9H2,1-2H3. The lowest BCUT2D eigenvalue weighted by atomic mass is 9.87. The molecule has 0 aromatic heterocycles. The maximum Gasteiger partial charge on any atom is 0.123 e. The monoisotopic (exact) mass is 283 g/mol. The topological polar surface area (TPSA) is 32.3 Å². The van der Waals surface area contributed by atoms with Crippen LogP contribution in [-0.2, 0) is 6.42 Å². The Hall–Kier alpha value is -0.580. The summed E-state index contributed by atoms with van der Waals surface area (Å²) in [4.78, 5) is 0. The van der Waals surface area contributed by atoms with Crippen molar-refractivity contribution in [3.05, 3.63) is 35.1 Å². The lowest BCUT2D eigenvalue weighted by Crippen LogP contribution is -2.40. The Morgan fingerprint density at radius 1 is 1.53 bits per heavy atom. The van der Waals surface area contributed by atoms with Crippen molar-refractivity contribution in [2.24, 2.45) is 0 Å². The first-order chi connectivity index (χ1) is 9.15. The van der Waals surface area contributed by atoms with Gasteiger partial charge in [-0.15, -0.1) is 0 Å². The summed E-state index contributed by atoms with van der Waals surface area (Å²) in [6.45, 7) is 2.29. The predicted molar refractivity (Wildman–Crippen MR) is 79.1 cm³/mol. The Balaban J connectivity index is 2.11. The number of hydrogen-bond donors (Lipinski definition) is 2. The number of rotatable bonds is 5. The van der Waals surface area contributed by atoms with E-state index in [4.69, 9.17) is 0 Å². The Morgan fingerprint density at radius 2 is 2.32 bits per heavy atom. The Morgan fingerprint density at radius 3 is 3.00 bits per heavy atom. The zero-order valence-electron chi connectivity index (χ0n) is 11.5. The number of aliphatic hydroxyl groups excluding tert-OH is 1. The third-order valence-electron chi connectivity index (χ3n) is 3.92. The van der Waals surface area contributed by atoms with E-state index in [1.807, 2.05) is 12.3 Å². The number of aryl methyl sites for hydroxylation is 1. The molecule has 3 unspecified atom stereocenters. The highest BCUT2D eigenvalue weighted by Gasteiger charge is 2.24. The van der Waals surface area contributed by atoms with Gasteiger partial charge >= 0.3 is 0 Å². The molecule has 0 bridgehead atoms. The van der Waals surface area contributed by atoms with Crippen molar-refractivity contribution in [1.29, 1.82) is 0 Å². The molecule has 0 heterocycles. The molecule has 0 aliphatic heterocycles. The minimum atomic E-state index is -0.148. The van der Waals surface area contributed by atoms with Crippen LogP contribution >= 0.6 is 11.8 Å². The van der Waals surface area contributed by atoms with Gasteiger partial charge in [-0.3, -0.25) is 0 Å². The van der Waals surface area contributed by atoms with Gasteiger partial charge in [-0.2, -0.15) is 11.8 Å². The van der Waals surface area contributed by atoms with Crippen molar-refractivity contribution in [3.63, 3.8) is 0 Å². The number of thioether (sulfide) groups is 1. The van der Waals surface area contributed by atoms with Gasteiger partial charge in [0.05, 0.1) is 6.61 Å². The number of aliphatic hydroxyl groups is 1. The first-order valence-electron chi connectivity index (χ1n) is 6.83. The molecule has 0 saturated carbocycles. The molecule has 2 N–H and O–H groups in total. The van der Waals surface area contributed by atoms with Crippen LogP contribution in [0.15, 0.2) is 18.2 Å². The smallest absolute Gasteiger partial charge is 0.123 e. The van der Waals surface area contributed by atoms with Crippen molar-refractivity contribution < 1.29 is 9.50 Å². The molecule has 1 aromatic carbocycles. The van der Waals surface area contributed by atoms with Crippen molar-refractivity contribution in [3.8, 4) is 0 Å². The second-order valence-corrected chi connectivity index (χ2v) is 6.28. The summed E-state index contributed by atoms with van der Waals surface area (Å²) in [7, 11) is 0. The summed E-state index contributed by atoms with van der Waals surface area (Å²) in [6.07, 6.45) is 5.15. The molecule has 1 aliphatic carbocycles. The molecule has 0 amide bonds. The minimum absolute atomic E-state index is 0.148. The summed E-state index contributed by atoms with van der Waals surface area (Å²) >= 11 is 1.68. The summed E-state index contributed by atoms with van der Waals surface area (Å²) in [5, 5.41) is 13.1. The van der Waals surface area contributed by atoms with Gasteiger partial charge in [0.1, 0.15) is 5.82 Å². The quantitative estimate of drug-likeness (QED) is 0.871. The fourth-order valence-corrected chi connectivity index (χ4v) is 3.45. The molecule has 0 radical (unpaired) electrons. The van der Waals surface area contributed by atoms with Gasteiger partial charge in [0.2, 0.25) is 0 Å². The lowest BCUT2D eigenvalue weighted by Gasteiger charge is -2.31. The van der Waals surface area contributed by atoms with Gasteiger partial charge in [0, 0.05) is 17.3 Å². The SMILES string of the molecule is CSC(CO)C(C)NC1CCCc2cc(F)ccc21. The van der Waals surface area contributed by atoms with E-state index >= 15 is 0 Å². The third-order valence-corrected chi connectivity index (χ3v) is 5.09. The van der Waals surface area contributed by atoms with Crippen LogP contribution in [0.1, 0.15) is 36.9 Å². The molecule has 0 fully saturated rings. The number of nitrogens with one attached hydrogen (secondary N) is 1. The maximum atomic E-state index is 13.3. The van der Waals surface area contributed by atoms with Crippen LogP contribution < -0.4 is 5.32 Å². The van der Waals surface area contributed by atoms with Gasteiger partial charge in [0.15, 0.2) is 0 Å². The highest BCUT2D eigenvalue weighted by molar-refractivity contribution is 7.99. The fraction of sp³-hybridized carbons (Fsp3) is 0.600. The van der Waals surface area contributed by atoms with E-state index in [0.717, 1.165) is 24.8 Å². The molecule has 0 spiro atoms. The van der Waals surface area contributed by atoms with E-state index in [2.05, 4.69) is 12.2 Å². The first kappa shape index (κ1) is 14.8. The highest BCUT2D eigenvalue weighted by Crippen LogP contribution is 2.31. The van der Waals surface area contributed by atoms with E-state index in [-0.39, 0.29) is 29.8 Å². The summed E-state index contributed by atoms with van der Waals surface area (Å²) in [5.74, 6) is -0.148. The van der Waals surface area contributed by atoms with Crippen LogP contribution in [0.25, 0.3) is 0 Å². The van der Waals surface area contributed by atoms with Crippen molar-refractivity contribution in [2.45, 2.75) is 43.5 Å². The molecular formula is C15H22FNOS. The second kappa shape index (κ2) is 6.73. The molecule has 3 atom stereocenters. The van der Waals surface area contributed by atoms with E-state index in [9.17, 15) is 9.50 Å². The minimum Gasteiger partial charge on any atom is -0.395 e. The highest BCUT2D eigenvalue weighted by atomic mass is 32.2. The van der Waals surface area contributed by atoms with Crippen molar-refractivity contribution in [1.82, 2.24) is 5.32 Å². The molecule has 2 rings (SSSR count).